The van der Waals surface area contributed by atoms with Gasteiger partial charge in [0.2, 0.25) is 0 Å². The van der Waals surface area contributed by atoms with E-state index in [1.165, 1.54) is 10.9 Å². The number of anilines is 1. The van der Waals surface area contributed by atoms with E-state index in [1.54, 1.807) is 0 Å². The maximum absolute atomic E-state index is 5.90. The van der Waals surface area contributed by atoms with Crippen LogP contribution in [0.3, 0.4) is 0 Å². The molecule has 0 fully saturated rings. The molecular formula is C11H14N2. The number of rotatable bonds is 1. The number of para-hydroxylation sites is 1. The third-order valence-corrected chi connectivity index (χ3v) is 2.35. The molecule has 0 spiro atoms. The molecule has 0 bridgehead atoms. The highest BCUT2D eigenvalue weighted by molar-refractivity contribution is 5.88. The highest BCUT2D eigenvalue weighted by Gasteiger charge is 2.10. The van der Waals surface area contributed by atoms with Crippen molar-refractivity contribution in [3.05, 3.63) is 29.8 Å². The molecule has 1 aromatic heterocycles. The van der Waals surface area contributed by atoms with Gasteiger partial charge in [0.15, 0.2) is 0 Å². The molecule has 0 unspecified atom stereocenters. The fraction of sp³-hybridized carbons (Fsp3) is 0.273. The monoisotopic (exact) mass is 174 g/mol. The number of nitrogen functional groups attached to an aromatic ring is 1. The van der Waals surface area contributed by atoms with Gasteiger partial charge in [0, 0.05) is 16.5 Å². The van der Waals surface area contributed by atoms with Crippen molar-refractivity contribution < 1.29 is 0 Å². The minimum absolute atomic E-state index is 0.469. The van der Waals surface area contributed by atoms with Crippen molar-refractivity contribution in [2.75, 3.05) is 5.73 Å². The van der Waals surface area contributed by atoms with E-state index < -0.39 is 0 Å². The van der Waals surface area contributed by atoms with E-state index in [2.05, 4.69) is 31.0 Å². The van der Waals surface area contributed by atoms with Gasteiger partial charge in [-0.15, -0.1) is 0 Å². The van der Waals surface area contributed by atoms with Crippen LogP contribution in [0.1, 0.15) is 25.3 Å². The second kappa shape index (κ2) is 2.80. The first-order valence-corrected chi connectivity index (χ1v) is 4.56. The summed E-state index contributed by atoms with van der Waals surface area (Å²) in [7, 11) is 0. The number of benzene rings is 1. The summed E-state index contributed by atoms with van der Waals surface area (Å²) in [6, 6.07) is 8.22. The molecule has 1 aromatic carbocycles. The summed E-state index contributed by atoms with van der Waals surface area (Å²) in [5.74, 6) is 1.27. The van der Waals surface area contributed by atoms with E-state index in [0.717, 1.165) is 11.3 Å². The average Bonchev–Trinajstić information content (AvgIpc) is 2.39. The molecule has 2 rings (SSSR count). The van der Waals surface area contributed by atoms with E-state index in [9.17, 15) is 0 Å². The summed E-state index contributed by atoms with van der Waals surface area (Å²) in [6.45, 7) is 4.32. The Bertz CT molecular complexity index is 427. The lowest BCUT2D eigenvalue weighted by molar-refractivity contribution is 0.879. The Morgan fingerprint density at radius 3 is 2.62 bits per heavy atom. The SMILES string of the molecule is CC(C)c1c(N)[nH]c2ccccc12. The van der Waals surface area contributed by atoms with Crippen molar-refractivity contribution in [3.63, 3.8) is 0 Å². The quantitative estimate of drug-likeness (QED) is 0.685. The van der Waals surface area contributed by atoms with Crippen molar-refractivity contribution in [3.8, 4) is 0 Å². The normalized spacial score (nSPS) is 11.3. The maximum atomic E-state index is 5.90. The maximum Gasteiger partial charge on any atom is 0.105 e. The zero-order valence-electron chi connectivity index (χ0n) is 7.96. The van der Waals surface area contributed by atoms with E-state index in [0.29, 0.717) is 5.92 Å². The Morgan fingerprint density at radius 2 is 1.92 bits per heavy atom. The number of nitrogens with one attached hydrogen (secondary N) is 1. The Hall–Kier alpha value is -1.44. The molecule has 0 aliphatic carbocycles. The van der Waals surface area contributed by atoms with Crippen LogP contribution in [0.4, 0.5) is 5.82 Å². The number of nitrogens with two attached hydrogens (primary N) is 1. The first-order chi connectivity index (χ1) is 6.20. The number of aromatic amines is 1. The Balaban J connectivity index is 2.78. The van der Waals surface area contributed by atoms with Gasteiger partial charge in [-0.2, -0.15) is 0 Å². The third kappa shape index (κ3) is 1.18. The zero-order valence-corrected chi connectivity index (χ0v) is 7.96. The van der Waals surface area contributed by atoms with E-state index in [-0.39, 0.29) is 0 Å². The van der Waals surface area contributed by atoms with Crippen molar-refractivity contribution in [1.82, 2.24) is 4.98 Å². The van der Waals surface area contributed by atoms with Crippen LogP contribution in [0.25, 0.3) is 10.9 Å². The zero-order chi connectivity index (χ0) is 9.42. The van der Waals surface area contributed by atoms with Crippen LogP contribution in [-0.4, -0.2) is 4.98 Å². The summed E-state index contributed by atoms with van der Waals surface area (Å²) < 4.78 is 0. The summed E-state index contributed by atoms with van der Waals surface area (Å²) in [6.07, 6.45) is 0. The highest BCUT2D eigenvalue weighted by atomic mass is 14.9. The standard InChI is InChI=1S/C11H14N2/c1-7(2)10-8-5-3-4-6-9(8)13-11(10)12/h3-7,13H,12H2,1-2H3. The molecule has 0 saturated carbocycles. The van der Waals surface area contributed by atoms with Gasteiger partial charge in [0.25, 0.3) is 0 Å². The minimum Gasteiger partial charge on any atom is -0.385 e. The van der Waals surface area contributed by atoms with Crippen LogP contribution in [0, 0.1) is 0 Å². The van der Waals surface area contributed by atoms with Crippen molar-refractivity contribution in [2.45, 2.75) is 19.8 Å². The van der Waals surface area contributed by atoms with Crippen LogP contribution in [-0.2, 0) is 0 Å². The predicted molar refractivity (Wildman–Crippen MR) is 56.8 cm³/mol. The topological polar surface area (TPSA) is 41.8 Å². The Labute approximate surface area is 77.8 Å². The first-order valence-electron chi connectivity index (χ1n) is 4.56. The van der Waals surface area contributed by atoms with Crippen molar-refractivity contribution >= 4 is 16.7 Å². The van der Waals surface area contributed by atoms with E-state index >= 15 is 0 Å². The van der Waals surface area contributed by atoms with Crippen LogP contribution in [0.2, 0.25) is 0 Å². The smallest absolute Gasteiger partial charge is 0.105 e. The molecule has 2 aromatic rings. The van der Waals surface area contributed by atoms with Crippen molar-refractivity contribution in [2.24, 2.45) is 0 Å². The fourth-order valence-electron chi connectivity index (χ4n) is 1.81. The van der Waals surface area contributed by atoms with Gasteiger partial charge in [0.1, 0.15) is 5.82 Å². The molecule has 68 valence electrons. The number of hydrogen-bond donors (Lipinski definition) is 2. The molecule has 0 radical (unpaired) electrons. The number of hydrogen-bond acceptors (Lipinski definition) is 1. The van der Waals surface area contributed by atoms with Crippen LogP contribution >= 0.6 is 0 Å². The molecule has 2 heteroatoms. The molecule has 1 heterocycles. The van der Waals surface area contributed by atoms with Crippen molar-refractivity contribution in [1.29, 1.82) is 0 Å². The van der Waals surface area contributed by atoms with Gasteiger partial charge in [0.05, 0.1) is 0 Å². The van der Waals surface area contributed by atoms with Crippen LogP contribution in [0.5, 0.6) is 0 Å². The van der Waals surface area contributed by atoms with Gasteiger partial charge >= 0.3 is 0 Å². The summed E-state index contributed by atoms with van der Waals surface area (Å²) >= 11 is 0. The van der Waals surface area contributed by atoms with Gasteiger partial charge in [-0.1, -0.05) is 32.0 Å². The van der Waals surface area contributed by atoms with E-state index in [1.807, 2.05) is 12.1 Å². The summed E-state index contributed by atoms with van der Waals surface area (Å²) in [4.78, 5) is 3.19. The molecule has 0 saturated heterocycles. The first kappa shape index (κ1) is 8.17. The molecule has 0 aliphatic rings. The largest absolute Gasteiger partial charge is 0.385 e. The third-order valence-electron chi connectivity index (χ3n) is 2.35. The summed E-state index contributed by atoms with van der Waals surface area (Å²) in [5.41, 5.74) is 8.26. The Morgan fingerprint density at radius 1 is 1.23 bits per heavy atom. The molecule has 2 nitrogen and oxygen atoms in total. The molecular weight excluding hydrogens is 160 g/mol. The molecule has 0 aliphatic heterocycles. The lowest BCUT2D eigenvalue weighted by atomic mass is 10.0. The second-order valence-corrected chi connectivity index (χ2v) is 3.65. The number of H-pyrrole nitrogens is 1. The average molecular weight is 174 g/mol. The fourth-order valence-corrected chi connectivity index (χ4v) is 1.81. The minimum atomic E-state index is 0.469. The molecule has 0 atom stereocenters. The predicted octanol–water partition coefficient (Wildman–Crippen LogP) is 2.87. The number of fused-ring (bicyclic) bond motifs is 1. The summed E-state index contributed by atoms with van der Waals surface area (Å²) in [5, 5.41) is 1.25. The number of aromatic nitrogens is 1. The Kier molecular flexibility index (Phi) is 1.76. The van der Waals surface area contributed by atoms with Crippen LogP contribution < -0.4 is 5.73 Å². The molecule has 13 heavy (non-hydrogen) atoms. The van der Waals surface area contributed by atoms with Gasteiger partial charge in [-0.05, 0) is 12.0 Å². The second-order valence-electron chi connectivity index (χ2n) is 3.65. The van der Waals surface area contributed by atoms with Gasteiger partial charge in [-0.3, -0.25) is 0 Å². The van der Waals surface area contributed by atoms with Crippen LogP contribution in [0.15, 0.2) is 24.3 Å². The lowest BCUT2D eigenvalue weighted by Crippen LogP contribution is -1.93. The highest BCUT2D eigenvalue weighted by Crippen LogP contribution is 2.30. The lowest BCUT2D eigenvalue weighted by Gasteiger charge is -2.03. The van der Waals surface area contributed by atoms with E-state index in [4.69, 9.17) is 5.73 Å². The van der Waals surface area contributed by atoms with Gasteiger partial charge < -0.3 is 10.7 Å². The molecule has 3 N–H and O–H groups in total. The van der Waals surface area contributed by atoms with Gasteiger partial charge in [-0.25, -0.2) is 0 Å². The molecule has 0 amide bonds.